The first-order valence-corrected chi connectivity index (χ1v) is 9.98. The van der Waals surface area contributed by atoms with E-state index < -0.39 is 6.04 Å². The first-order valence-electron chi connectivity index (χ1n) is 9.60. The molecule has 0 bridgehead atoms. The van der Waals surface area contributed by atoms with E-state index in [-0.39, 0.29) is 18.2 Å². The highest BCUT2D eigenvalue weighted by molar-refractivity contribution is 6.32. The van der Waals surface area contributed by atoms with Gasteiger partial charge in [0.15, 0.2) is 0 Å². The number of rotatable bonds is 4. The lowest BCUT2D eigenvalue weighted by Gasteiger charge is -2.37. The maximum atomic E-state index is 13.2. The first kappa shape index (κ1) is 19.7. The standard InChI is InChI=1S/C21H23ClN4O3/c1-14-11-16(18(29-2)12-15(14)22)26-20(27)13-17(21(26)28)24-7-9-25(10-8-24)19-5-3-4-6-23-19/h3-6,11-12,17H,7-10,13H2,1-2H3/t17-/m0/s1. The molecule has 1 atom stereocenters. The summed E-state index contributed by atoms with van der Waals surface area (Å²) in [6.45, 7) is 4.76. The SMILES string of the molecule is COc1cc(Cl)c(C)cc1N1C(=O)C[C@H](N2CCN(c3ccccn3)CC2)C1=O. The Balaban J connectivity index is 1.50. The number of imide groups is 1. The van der Waals surface area contributed by atoms with Crippen molar-refractivity contribution in [1.29, 1.82) is 0 Å². The largest absolute Gasteiger partial charge is 0.495 e. The van der Waals surface area contributed by atoms with Crippen LogP contribution in [0.3, 0.4) is 0 Å². The Bertz CT molecular complexity index is 929. The molecular weight excluding hydrogens is 392 g/mol. The van der Waals surface area contributed by atoms with Crippen LogP contribution in [0.1, 0.15) is 12.0 Å². The molecule has 0 saturated carbocycles. The number of piperazine rings is 1. The van der Waals surface area contributed by atoms with E-state index >= 15 is 0 Å². The summed E-state index contributed by atoms with van der Waals surface area (Å²) in [6.07, 6.45) is 1.95. The second-order valence-electron chi connectivity index (χ2n) is 7.27. The van der Waals surface area contributed by atoms with E-state index in [0.29, 0.717) is 29.5 Å². The summed E-state index contributed by atoms with van der Waals surface area (Å²) in [5.74, 6) is 0.931. The molecule has 29 heavy (non-hydrogen) atoms. The van der Waals surface area contributed by atoms with Crippen molar-refractivity contribution >= 4 is 34.9 Å². The number of nitrogens with zero attached hydrogens (tertiary/aromatic N) is 4. The van der Waals surface area contributed by atoms with Gasteiger partial charge in [0, 0.05) is 43.5 Å². The lowest BCUT2D eigenvalue weighted by atomic mass is 10.1. The van der Waals surface area contributed by atoms with E-state index in [9.17, 15) is 9.59 Å². The number of pyridine rings is 1. The molecule has 0 N–H and O–H groups in total. The molecule has 7 nitrogen and oxygen atoms in total. The Morgan fingerprint density at radius 1 is 1.14 bits per heavy atom. The molecule has 2 saturated heterocycles. The predicted molar refractivity (Wildman–Crippen MR) is 112 cm³/mol. The maximum Gasteiger partial charge on any atom is 0.251 e. The summed E-state index contributed by atoms with van der Waals surface area (Å²) >= 11 is 6.17. The van der Waals surface area contributed by atoms with Crippen LogP contribution in [-0.2, 0) is 9.59 Å². The summed E-state index contributed by atoms with van der Waals surface area (Å²) in [4.78, 5) is 35.9. The van der Waals surface area contributed by atoms with Crippen LogP contribution in [-0.4, -0.2) is 61.0 Å². The quantitative estimate of drug-likeness (QED) is 0.716. The van der Waals surface area contributed by atoms with Gasteiger partial charge in [-0.2, -0.15) is 0 Å². The highest BCUT2D eigenvalue weighted by atomic mass is 35.5. The van der Waals surface area contributed by atoms with Crippen LogP contribution in [0.15, 0.2) is 36.5 Å². The number of methoxy groups -OCH3 is 1. The number of anilines is 2. The Hall–Kier alpha value is -2.64. The summed E-state index contributed by atoms with van der Waals surface area (Å²) < 4.78 is 5.38. The lowest BCUT2D eigenvalue weighted by molar-refractivity contribution is -0.123. The molecule has 8 heteroatoms. The smallest absolute Gasteiger partial charge is 0.251 e. The summed E-state index contributed by atoms with van der Waals surface area (Å²) in [6, 6.07) is 8.77. The third-order valence-corrected chi connectivity index (χ3v) is 5.96. The van der Waals surface area contributed by atoms with E-state index in [1.165, 1.54) is 12.0 Å². The number of carbonyl (C=O) groups is 2. The van der Waals surface area contributed by atoms with Crippen molar-refractivity contribution in [2.75, 3.05) is 43.1 Å². The predicted octanol–water partition coefficient (Wildman–Crippen LogP) is 2.51. The van der Waals surface area contributed by atoms with Crippen LogP contribution >= 0.6 is 11.6 Å². The van der Waals surface area contributed by atoms with Crippen LogP contribution in [0.4, 0.5) is 11.5 Å². The molecule has 4 rings (SSSR count). The van der Waals surface area contributed by atoms with Crippen LogP contribution in [0.5, 0.6) is 5.75 Å². The number of hydrogen-bond acceptors (Lipinski definition) is 6. The van der Waals surface area contributed by atoms with Crippen LogP contribution in [0, 0.1) is 6.92 Å². The fourth-order valence-corrected chi connectivity index (χ4v) is 4.10. The molecular formula is C21H23ClN4O3. The van der Waals surface area contributed by atoms with Gasteiger partial charge in [-0.05, 0) is 30.7 Å². The Labute approximate surface area is 174 Å². The molecule has 2 aliphatic rings. The zero-order chi connectivity index (χ0) is 20.5. The second kappa shape index (κ2) is 8.00. The molecule has 1 aromatic heterocycles. The van der Waals surface area contributed by atoms with Gasteiger partial charge in [0.2, 0.25) is 5.91 Å². The van der Waals surface area contributed by atoms with Crippen molar-refractivity contribution in [3.05, 3.63) is 47.1 Å². The molecule has 1 aromatic carbocycles. The van der Waals surface area contributed by atoms with Gasteiger partial charge < -0.3 is 9.64 Å². The fraction of sp³-hybridized carbons (Fsp3) is 0.381. The summed E-state index contributed by atoms with van der Waals surface area (Å²) in [7, 11) is 1.50. The van der Waals surface area contributed by atoms with Crippen LogP contribution < -0.4 is 14.5 Å². The minimum absolute atomic E-state index is 0.174. The Morgan fingerprint density at radius 2 is 1.90 bits per heavy atom. The average Bonchev–Trinajstić information content (AvgIpc) is 3.04. The number of ether oxygens (including phenoxy) is 1. The number of aryl methyl sites for hydroxylation is 1. The van der Waals surface area contributed by atoms with Gasteiger partial charge in [-0.3, -0.25) is 14.5 Å². The second-order valence-corrected chi connectivity index (χ2v) is 7.68. The molecule has 0 aliphatic carbocycles. The zero-order valence-corrected chi connectivity index (χ0v) is 17.2. The molecule has 0 radical (unpaired) electrons. The first-order chi connectivity index (χ1) is 14.0. The molecule has 2 aromatic rings. The monoisotopic (exact) mass is 414 g/mol. The van der Waals surface area contributed by atoms with Gasteiger partial charge in [0.1, 0.15) is 11.6 Å². The minimum atomic E-state index is -0.450. The van der Waals surface area contributed by atoms with Crippen molar-refractivity contribution in [1.82, 2.24) is 9.88 Å². The number of carbonyl (C=O) groups excluding carboxylic acids is 2. The third-order valence-electron chi connectivity index (χ3n) is 5.55. The van der Waals surface area contributed by atoms with Crippen molar-refractivity contribution in [2.45, 2.75) is 19.4 Å². The highest BCUT2D eigenvalue weighted by Gasteiger charge is 2.44. The van der Waals surface area contributed by atoms with Gasteiger partial charge >= 0.3 is 0 Å². The van der Waals surface area contributed by atoms with Gasteiger partial charge in [0.25, 0.3) is 5.91 Å². The van der Waals surface area contributed by atoms with E-state index in [0.717, 1.165) is 24.5 Å². The lowest BCUT2D eigenvalue weighted by Crippen LogP contribution is -2.52. The summed E-state index contributed by atoms with van der Waals surface area (Å²) in [5.41, 5.74) is 1.24. The molecule has 2 aliphatic heterocycles. The molecule has 2 fully saturated rings. The van der Waals surface area contributed by atoms with Crippen LogP contribution in [0.2, 0.25) is 5.02 Å². The van der Waals surface area contributed by atoms with Crippen molar-refractivity contribution in [2.24, 2.45) is 0 Å². The van der Waals surface area contributed by atoms with Crippen molar-refractivity contribution in [3.8, 4) is 5.75 Å². The molecule has 152 valence electrons. The molecule has 0 spiro atoms. The molecule has 2 amide bonds. The zero-order valence-electron chi connectivity index (χ0n) is 16.5. The number of benzene rings is 1. The topological polar surface area (TPSA) is 66.0 Å². The third kappa shape index (κ3) is 3.68. The van der Waals surface area contributed by atoms with Gasteiger partial charge in [0.05, 0.1) is 25.3 Å². The van der Waals surface area contributed by atoms with Gasteiger partial charge in [-0.25, -0.2) is 9.88 Å². The van der Waals surface area contributed by atoms with E-state index in [1.807, 2.05) is 25.1 Å². The normalized spacial score (nSPS) is 20.4. The fourth-order valence-electron chi connectivity index (χ4n) is 3.94. The average molecular weight is 415 g/mol. The van der Waals surface area contributed by atoms with Crippen molar-refractivity contribution < 1.29 is 14.3 Å². The molecule has 3 heterocycles. The van der Waals surface area contributed by atoms with Gasteiger partial charge in [-0.1, -0.05) is 17.7 Å². The Kier molecular flexibility index (Phi) is 5.43. The van der Waals surface area contributed by atoms with E-state index in [2.05, 4.69) is 14.8 Å². The number of halogens is 1. The van der Waals surface area contributed by atoms with Crippen LogP contribution in [0.25, 0.3) is 0 Å². The number of hydrogen-bond donors (Lipinski definition) is 0. The Morgan fingerprint density at radius 3 is 2.55 bits per heavy atom. The minimum Gasteiger partial charge on any atom is -0.495 e. The number of aromatic nitrogens is 1. The number of amides is 2. The maximum absolute atomic E-state index is 13.2. The van der Waals surface area contributed by atoms with Gasteiger partial charge in [-0.15, -0.1) is 0 Å². The summed E-state index contributed by atoms with van der Waals surface area (Å²) in [5, 5.41) is 0.534. The van der Waals surface area contributed by atoms with E-state index in [4.69, 9.17) is 16.3 Å². The van der Waals surface area contributed by atoms with Crippen molar-refractivity contribution in [3.63, 3.8) is 0 Å². The van der Waals surface area contributed by atoms with E-state index in [1.54, 1.807) is 18.3 Å². The molecule has 0 unspecified atom stereocenters. The highest BCUT2D eigenvalue weighted by Crippen LogP contribution is 2.37.